The van der Waals surface area contributed by atoms with Gasteiger partial charge in [-0.15, -0.1) is 0 Å². The zero-order valence-corrected chi connectivity index (χ0v) is 11.5. The number of carboxylic acid groups (broad SMARTS) is 1. The molecule has 112 valence electrons. The Labute approximate surface area is 124 Å². The summed E-state index contributed by atoms with van der Waals surface area (Å²) in [6.45, 7) is -0.176. The van der Waals surface area contributed by atoms with Gasteiger partial charge in [-0.2, -0.15) is 0 Å². The molecule has 2 rings (SSSR count). The monoisotopic (exact) mass is 313 g/mol. The number of amides is 1. The number of halogens is 1. The van der Waals surface area contributed by atoms with Crippen LogP contribution in [0.5, 0.6) is 0 Å². The van der Waals surface area contributed by atoms with E-state index in [9.17, 15) is 19.7 Å². The maximum Gasteiger partial charge on any atom is 0.322 e. The molecule has 1 unspecified atom stereocenters. The fourth-order valence-corrected chi connectivity index (χ4v) is 2.33. The van der Waals surface area contributed by atoms with Gasteiger partial charge in [0, 0.05) is 29.7 Å². The molecule has 1 heterocycles. The summed E-state index contributed by atoms with van der Waals surface area (Å²) in [7, 11) is 0. The summed E-state index contributed by atoms with van der Waals surface area (Å²) < 4.78 is 0. The number of piperazine rings is 1. The lowest BCUT2D eigenvalue weighted by Gasteiger charge is -2.32. The summed E-state index contributed by atoms with van der Waals surface area (Å²) in [4.78, 5) is 34.4. The van der Waals surface area contributed by atoms with Gasteiger partial charge < -0.3 is 10.4 Å². The van der Waals surface area contributed by atoms with Crippen LogP contribution in [0.25, 0.3) is 0 Å². The van der Waals surface area contributed by atoms with Crippen molar-refractivity contribution in [2.24, 2.45) is 0 Å². The predicted molar refractivity (Wildman–Crippen MR) is 72.9 cm³/mol. The van der Waals surface area contributed by atoms with E-state index in [2.05, 4.69) is 5.32 Å². The fraction of sp³-hybridized carbons (Fsp3) is 0.333. The zero-order chi connectivity index (χ0) is 15.6. The van der Waals surface area contributed by atoms with Gasteiger partial charge in [0.15, 0.2) is 0 Å². The third-order valence-corrected chi connectivity index (χ3v) is 3.42. The quantitative estimate of drug-likeness (QED) is 0.623. The number of benzene rings is 1. The van der Waals surface area contributed by atoms with Gasteiger partial charge in [0.1, 0.15) is 6.04 Å². The van der Waals surface area contributed by atoms with Crippen LogP contribution in [0.1, 0.15) is 5.56 Å². The van der Waals surface area contributed by atoms with E-state index in [1.807, 2.05) is 0 Å². The number of rotatable bonds is 4. The second kappa shape index (κ2) is 6.06. The number of nitro benzene ring substituents is 1. The van der Waals surface area contributed by atoms with Gasteiger partial charge in [-0.1, -0.05) is 11.6 Å². The number of carbonyl (C=O) groups excluding carboxylic acids is 1. The zero-order valence-electron chi connectivity index (χ0n) is 10.8. The number of carbonyl (C=O) groups is 2. The van der Waals surface area contributed by atoms with Gasteiger partial charge in [-0.3, -0.25) is 24.6 Å². The second-order valence-corrected chi connectivity index (χ2v) is 5.03. The van der Waals surface area contributed by atoms with Gasteiger partial charge in [0.05, 0.1) is 11.5 Å². The van der Waals surface area contributed by atoms with Crippen LogP contribution in [-0.2, 0) is 16.1 Å². The third-order valence-electron chi connectivity index (χ3n) is 3.18. The van der Waals surface area contributed by atoms with Crippen molar-refractivity contribution in [3.8, 4) is 0 Å². The topological polar surface area (TPSA) is 113 Å². The molecular weight excluding hydrogens is 302 g/mol. The summed E-state index contributed by atoms with van der Waals surface area (Å²) in [5.41, 5.74) is 0.114. The van der Waals surface area contributed by atoms with Crippen molar-refractivity contribution < 1.29 is 19.6 Å². The average Bonchev–Trinajstić information content (AvgIpc) is 2.40. The first-order chi connectivity index (χ1) is 9.88. The maximum atomic E-state index is 11.4. The minimum Gasteiger partial charge on any atom is -0.480 e. The van der Waals surface area contributed by atoms with Gasteiger partial charge in [-0.05, 0) is 12.1 Å². The first-order valence-corrected chi connectivity index (χ1v) is 6.42. The summed E-state index contributed by atoms with van der Waals surface area (Å²) in [5.74, 6) is -1.41. The van der Waals surface area contributed by atoms with Crippen molar-refractivity contribution in [3.05, 3.63) is 38.9 Å². The standard InChI is InChI=1S/C12H12ClN3O5/c13-8-2-1-7(9(3-8)16(20)21)5-15-6-11(17)14-4-10(15)12(18)19/h1-3,10H,4-6H2,(H,14,17)(H,18,19). The number of nitrogens with one attached hydrogen (secondary N) is 1. The van der Waals surface area contributed by atoms with Crippen molar-refractivity contribution in [1.29, 1.82) is 0 Å². The van der Waals surface area contributed by atoms with Crippen molar-refractivity contribution in [2.75, 3.05) is 13.1 Å². The number of nitrogens with zero attached hydrogens (tertiary/aromatic N) is 2. The van der Waals surface area contributed by atoms with Crippen molar-refractivity contribution in [2.45, 2.75) is 12.6 Å². The molecule has 1 aromatic carbocycles. The van der Waals surface area contributed by atoms with E-state index in [1.165, 1.54) is 23.1 Å². The molecule has 1 aliphatic heterocycles. The maximum absolute atomic E-state index is 11.4. The number of aliphatic carboxylic acids is 1. The molecule has 21 heavy (non-hydrogen) atoms. The molecule has 0 saturated carbocycles. The predicted octanol–water partition coefficient (Wildman–Crippen LogP) is 0.633. The molecule has 1 aromatic rings. The molecule has 0 aromatic heterocycles. The summed E-state index contributed by atoms with van der Waals surface area (Å²) in [5, 5.41) is 22.9. The minimum absolute atomic E-state index is 0.0160. The molecule has 1 fully saturated rings. The molecule has 0 spiro atoms. The van der Waals surface area contributed by atoms with Gasteiger partial charge in [0.25, 0.3) is 5.69 Å². The van der Waals surface area contributed by atoms with Gasteiger partial charge >= 0.3 is 5.97 Å². The van der Waals surface area contributed by atoms with E-state index >= 15 is 0 Å². The van der Waals surface area contributed by atoms with E-state index < -0.39 is 16.9 Å². The number of hydrogen-bond acceptors (Lipinski definition) is 5. The summed E-state index contributed by atoms with van der Waals surface area (Å²) in [6.07, 6.45) is 0. The van der Waals surface area contributed by atoms with Crippen LogP contribution in [0.4, 0.5) is 5.69 Å². The van der Waals surface area contributed by atoms with E-state index in [-0.39, 0.29) is 36.3 Å². The number of nitro groups is 1. The highest BCUT2D eigenvalue weighted by Gasteiger charge is 2.33. The van der Waals surface area contributed by atoms with Crippen molar-refractivity contribution >= 4 is 29.2 Å². The third kappa shape index (κ3) is 3.47. The SMILES string of the molecule is O=C1CN(Cc2ccc(Cl)cc2[N+](=O)[O-])C(C(=O)O)CN1. The Morgan fingerprint density at radius 3 is 2.90 bits per heavy atom. The Morgan fingerprint density at radius 2 is 2.29 bits per heavy atom. The van der Waals surface area contributed by atoms with Crippen LogP contribution in [0.2, 0.25) is 5.02 Å². The Morgan fingerprint density at radius 1 is 1.57 bits per heavy atom. The van der Waals surface area contributed by atoms with Crippen LogP contribution < -0.4 is 5.32 Å². The summed E-state index contributed by atoms with van der Waals surface area (Å²) in [6, 6.07) is 3.24. The normalized spacial score (nSPS) is 19.1. The van der Waals surface area contributed by atoms with Crippen LogP contribution in [0.15, 0.2) is 18.2 Å². The van der Waals surface area contributed by atoms with Crippen LogP contribution in [-0.4, -0.2) is 45.9 Å². The highest BCUT2D eigenvalue weighted by molar-refractivity contribution is 6.30. The molecule has 8 nitrogen and oxygen atoms in total. The highest BCUT2D eigenvalue weighted by atomic mass is 35.5. The van der Waals surface area contributed by atoms with E-state index in [0.29, 0.717) is 5.56 Å². The molecular formula is C12H12ClN3O5. The Hall–Kier alpha value is -2.19. The first-order valence-electron chi connectivity index (χ1n) is 6.05. The Kier molecular flexibility index (Phi) is 4.39. The van der Waals surface area contributed by atoms with Gasteiger partial charge in [0.2, 0.25) is 5.91 Å². The number of carboxylic acids is 1. The lowest BCUT2D eigenvalue weighted by Crippen LogP contribution is -2.56. The molecule has 2 N–H and O–H groups in total. The smallest absolute Gasteiger partial charge is 0.322 e. The van der Waals surface area contributed by atoms with E-state index in [1.54, 1.807) is 0 Å². The first kappa shape index (κ1) is 15.2. The molecule has 0 radical (unpaired) electrons. The van der Waals surface area contributed by atoms with Crippen molar-refractivity contribution in [3.63, 3.8) is 0 Å². The molecule has 1 saturated heterocycles. The average molecular weight is 314 g/mol. The lowest BCUT2D eigenvalue weighted by molar-refractivity contribution is -0.385. The van der Waals surface area contributed by atoms with E-state index in [0.717, 1.165) is 0 Å². The summed E-state index contributed by atoms with van der Waals surface area (Å²) >= 11 is 5.73. The van der Waals surface area contributed by atoms with Gasteiger partial charge in [-0.25, -0.2) is 0 Å². The number of hydrogen-bond donors (Lipinski definition) is 2. The van der Waals surface area contributed by atoms with Crippen LogP contribution >= 0.6 is 11.6 Å². The lowest BCUT2D eigenvalue weighted by atomic mass is 10.1. The Balaban J connectivity index is 2.28. The fourth-order valence-electron chi connectivity index (χ4n) is 2.16. The molecule has 1 aliphatic rings. The minimum atomic E-state index is -1.09. The van der Waals surface area contributed by atoms with Crippen LogP contribution in [0, 0.1) is 10.1 Å². The molecule has 0 bridgehead atoms. The molecule has 1 atom stereocenters. The highest BCUT2D eigenvalue weighted by Crippen LogP contribution is 2.25. The largest absolute Gasteiger partial charge is 0.480 e. The van der Waals surface area contributed by atoms with Crippen molar-refractivity contribution in [1.82, 2.24) is 10.2 Å². The van der Waals surface area contributed by atoms with E-state index in [4.69, 9.17) is 16.7 Å². The Bertz CT molecular complexity index is 607. The van der Waals surface area contributed by atoms with Crippen LogP contribution in [0.3, 0.4) is 0 Å². The second-order valence-electron chi connectivity index (χ2n) is 4.59. The molecule has 1 amide bonds. The molecule has 0 aliphatic carbocycles. The molecule has 9 heteroatoms.